The molecule has 0 fully saturated rings. The molecule has 0 aliphatic heterocycles. The number of carbonyl (C=O) groups is 1. The topological polar surface area (TPSA) is 56.1 Å². The molecule has 0 saturated carbocycles. The first-order valence-electron chi connectivity index (χ1n) is 9.73. The Balaban J connectivity index is 1.47. The third kappa shape index (κ3) is 5.22. The van der Waals surface area contributed by atoms with Crippen LogP contribution in [0.25, 0.3) is 0 Å². The number of carbonyl (C=O) groups excluding carboxylic acids is 1. The molecule has 3 rings (SSSR count). The smallest absolute Gasteiger partial charge is 0.251 e. The predicted molar refractivity (Wildman–Crippen MR) is 111 cm³/mol. The van der Waals surface area contributed by atoms with Crippen LogP contribution in [0.1, 0.15) is 40.7 Å². The van der Waals surface area contributed by atoms with E-state index in [2.05, 4.69) is 20.9 Å². The summed E-state index contributed by atoms with van der Waals surface area (Å²) in [7, 11) is 0. The van der Waals surface area contributed by atoms with Gasteiger partial charge in [-0.2, -0.15) is 0 Å². The number of aryl methyl sites for hydroxylation is 2. The number of aromatic nitrogens is 2. The van der Waals surface area contributed by atoms with Gasteiger partial charge >= 0.3 is 0 Å². The summed E-state index contributed by atoms with van der Waals surface area (Å²) >= 11 is 0. The summed E-state index contributed by atoms with van der Waals surface area (Å²) in [5.41, 5.74) is 3.00. The van der Waals surface area contributed by atoms with E-state index >= 15 is 0 Å². The van der Waals surface area contributed by atoms with E-state index in [1.165, 1.54) is 5.56 Å². The highest BCUT2D eigenvalue weighted by Gasteiger charge is 2.07. The van der Waals surface area contributed by atoms with E-state index in [9.17, 15) is 4.79 Å². The molecule has 0 unspecified atom stereocenters. The van der Waals surface area contributed by atoms with Crippen molar-refractivity contribution in [2.75, 3.05) is 13.2 Å². The Morgan fingerprint density at radius 1 is 1.14 bits per heavy atom. The van der Waals surface area contributed by atoms with Crippen LogP contribution in [0.4, 0.5) is 0 Å². The maximum Gasteiger partial charge on any atom is 0.251 e. The molecule has 1 N–H and O–H groups in total. The minimum atomic E-state index is -0.0385. The van der Waals surface area contributed by atoms with Crippen molar-refractivity contribution in [1.29, 1.82) is 0 Å². The Morgan fingerprint density at radius 2 is 1.93 bits per heavy atom. The molecule has 0 bridgehead atoms. The quantitative estimate of drug-likeness (QED) is 0.574. The van der Waals surface area contributed by atoms with Gasteiger partial charge in [0.15, 0.2) is 0 Å². The van der Waals surface area contributed by atoms with Crippen molar-refractivity contribution >= 4 is 5.91 Å². The first-order valence-corrected chi connectivity index (χ1v) is 9.73. The molecule has 28 heavy (non-hydrogen) atoms. The van der Waals surface area contributed by atoms with Crippen LogP contribution < -0.4 is 10.1 Å². The molecule has 0 atom stereocenters. The number of para-hydroxylation sites is 1. The van der Waals surface area contributed by atoms with Gasteiger partial charge in [-0.1, -0.05) is 30.3 Å². The lowest BCUT2D eigenvalue weighted by molar-refractivity contribution is 0.0953. The molecule has 0 aliphatic rings. The highest BCUT2D eigenvalue weighted by atomic mass is 16.5. The lowest BCUT2D eigenvalue weighted by atomic mass is 10.1. The van der Waals surface area contributed by atoms with Crippen molar-refractivity contribution in [1.82, 2.24) is 14.9 Å². The van der Waals surface area contributed by atoms with Crippen molar-refractivity contribution in [2.24, 2.45) is 0 Å². The van der Waals surface area contributed by atoms with E-state index in [-0.39, 0.29) is 5.91 Å². The maximum absolute atomic E-state index is 12.4. The van der Waals surface area contributed by atoms with E-state index in [1.54, 1.807) is 6.20 Å². The third-order valence-corrected chi connectivity index (χ3v) is 4.67. The van der Waals surface area contributed by atoms with E-state index < -0.39 is 0 Å². The second-order valence-corrected chi connectivity index (χ2v) is 6.70. The van der Waals surface area contributed by atoms with Gasteiger partial charge in [0.1, 0.15) is 11.6 Å². The van der Waals surface area contributed by atoms with E-state index in [0.29, 0.717) is 18.7 Å². The van der Waals surface area contributed by atoms with E-state index in [1.807, 2.05) is 62.5 Å². The summed E-state index contributed by atoms with van der Waals surface area (Å²) in [6, 6.07) is 15.8. The van der Waals surface area contributed by atoms with Gasteiger partial charge in [0.25, 0.3) is 5.91 Å². The van der Waals surface area contributed by atoms with Gasteiger partial charge < -0.3 is 14.6 Å². The second kappa shape index (κ2) is 9.74. The Bertz CT molecular complexity index is 900. The number of imidazole rings is 1. The summed E-state index contributed by atoms with van der Waals surface area (Å²) in [6.45, 7) is 6.01. The molecule has 146 valence electrons. The van der Waals surface area contributed by atoms with Crippen LogP contribution in [-0.2, 0) is 13.0 Å². The van der Waals surface area contributed by atoms with Gasteiger partial charge in [-0.3, -0.25) is 4.79 Å². The molecular formula is C23H27N3O2. The van der Waals surface area contributed by atoms with Crippen molar-refractivity contribution in [2.45, 2.75) is 33.2 Å². The minimum absolute atomic E-state index is 0.0385. The molecule has 0 radical (unpaired) electrons. The summed E-state index contributed by atoms with van der Waals surface area (Å²) in [6.07, 6.45) is 5.50. The monoisotopic (exact) mass is 377 g/mol. The summed E-state index contributed by atoms with van der Waals surface area (Å²) in [5.74, 6) is 1.87. The zero-order valence-corrected chi connectivity index (χ0v) is 16.5. The number of ether oxygens (including phenoxy) is 1. The van der Waals surface area contributed by atoms with Gasteiger partial charge in [-0.25, -0.2) is 4.98 Å². The molecule has 5 nitrogen and oxygen atoms in total. The van der Waals surface area contributed by atoms with Crippen LogP contribution in [0.3, 0.4) is 0 Å². The SMILES string of the molecule is CCOc1ccccc1CCCNC(=O)c1ccc(Cn2ccnc2C)cc1. The van der Waals surface area contributed by atoms with E-state index in [4.69, 9.17) is 4.74 Å². The standard InChI is InChI=1S/C23H27N3O2/c1-3-28-22-9-5-4-7-20(22)8-6-14-25-23(27)21-12-10-19(11-13-21)17-26-16-15-24-18(26)2/h4-5,7,9-13,15-16H,3,6,8,14,17H2,1-2H3,(H,25,27). The summed E-state index contributed by atoms with van der Waals surface area (Å²) in [5, 5.41) is 3.00. The molecule has 3 aromatic rings. The molecule has 2 aromatic carbocycles. The van der Waals surface area contributed by atoms with E-state index in [0.717, 1.165) is 36.5 Å². The zero-order chi connectivity index (χ0) is 19.8. The van der Waals surface area contributed by atoms with Crippen LogP contribution in [0.2, 0.25) is 0 Å². The van der Waals surface area contributed by atoms with Gasteiger partial charge in [0, 0.05) is 31.0 Å². The highest BCUT2D eigenvalue weighted by Crippen LogP contribution is 2.19. The molecule has 5 heteroatoms. The lowest BCUT2D eigenvalue weighted by Gasteiger charge is -2.10. The Hall–Kier alpha value is -3.08. The average Bonchev–Trinajstić information content (AvgIpc) is 3.11. The number of benzene rings is 2. The summed E-state index contributed by atoms with van der Waals surface area (Å²) in [4.78, 5) is 16.6. The fourth-order valence-electron chi connectivity index (χ4n) is 3.12. The molecular weight excluding hydrogens is 350 g/mol. The second-order valence-electron chi connectivity index (χ2n) is 6.70. The first-order chi connectivity index (χ1) is 13.7. The number of rotatable bonds is 9. The van der Waals surface area contributed by atoms with Crippen LogP contribution in [-0.4, -0.2) is 28.6 Å². The Kier molecular flexibility index (Phi) is 6.84. The van der Waals surface area contributed by atoms with Crippen LogP contribution >= 0.6 is 0 Å². The fourth-order valence-corrected chi connectivity index (χ4v) is 3.12. The van der Waals surface area contributed by atoms with Crippen molar-refractivity contribution in [3.63, 3.8) is 0 Å². The van der Waals surface area contributed by atoms with Crippen LogP contribution in [0, 0.1) is 6.92 Å². The molecule has 1 amide bonds. The Labute approximate surface area is 166 Å². The van der Waals surface area contributed by atoms with Crippen molar-refractivity contribution in [3.05, 3.63) is 83.4 Å². The fraction of sp³-hybridized carbons (Fsp3) is 0.304. The highest BCUT2D eigenvalue weighted by molar-refractivity contribution is 5.94. The molecule has 1 aromatic heterocycles. The normalized spacial score (nSPS) is 10.6. The van der Waals surface area contributed by atoms with Gasteiger partial charge in [0.05, 0.1) is 6.61 Å². The van der Waals surface area contributed by atoms with Crippen molar-refractivity contribution in [3.8, 4) is 5.75 Å². The maximum atomic E-state index is 12.4. The Morgan fingerprint density at radius 3 is 2.64 bits per heavy atom. The van der Waals surface area contributed by atoms with Gasteiger partial charge in [-0.15, -0.1) is 0 Å². The third-order valence-electron chi connectivity index (χ3n) is 4.67. The predicted octanol–water partition coefficient (Wildman–Crippen LogP) is 4.00. The number of hydrogen-bond acceptors (Lipinski definition) is 3. The molecule has 0 spiro atoms. The molecule has 0 aliphatic carbocycles. The van der Waals surface area contributed by atoms with Gasteiger partial charge in [-0.05, 0) is 56.0 Å². The largest absolute Gasteiger partial charge is 0.494 e. The molecule has 1 heterocycles. The molecule has 0 saturated heterocycles. The zero-order valence-electron chi connectivity index (χ0n) is 16.5. The van der Waals surface area contributed by atoms with Crippen LogP contribution in [0.5, 0.6) is 5.75 Å². The number of nitrogens with one attached hydrogen (secondary N) is 1. The van der Waals surface area contributed by atoms with Crippen molar-refractivity contribution < 1.29 is 9.53 Å². The lowest BCUT2D eigenvalue weighted by Crippen LogP contribution is -2.24. The van der Waals surface area contributed by atoms with Gasteiger partial charge in [0.2, 0.25) is 0 Å². The summed E-state index contributed by atoms with van der Waals surface area (Å²) < 4.78 is 7.73. The number of nitrogens with zero attached hydrogens (tertiary/aromatic N) is 2. The van der Waals surface area contributed by atoms with Crippen LogP contribution in [0.15, 0.2) is 60.9 Å². The number of hydrogen-bond donors (Lipinski definition) is 1. The number of amides is 1. The first kappa shape index (κ1) is 19.7. The average molecular weight is 377 g/mol. The minimum Gasteiger partial charge on any atom is -0.494 e.